The van der Waals surface area contributed by atoms with Crippen molar-refractivity contribution >= 4 is 60.8 Å². The molecule has 0 saturated carbocycles. The predicted octanol–water partition coefficient (Wildman–Crippen LogP) is 18.5. The van der Waals surface area contributed by atoms with E-state index in [4.69, 9.17) is 4.42 Å². The maximum absolute atomic E-state index is 6.70. The van der Waals surface area contributed by atoms with E-state index in [1.54, 1.807) is 0 Å². The summed E-state index contributed by atoms with van der Waals surface area (Å²) in [5.41, 5.74) is 19.8. The van der Waals surface area contributed by atoms with E-state index in [-0.39, 0.29) is 0 Å². The maximum Gasteiger partial charge on any atom is 0.143 e. The van der Waals surface area contributed by atoms with Gasteiger partial charge in [0, 0.05) is 49.5 Å². The molecule has 324 valence electrons. The van der Waals surface area contributed by atoms with Crippen molar-refractivity contribution in [1.82, 2.24) is 4.57 Å². The van der Waals surface area contributed by atoms with Crippen LogP contribution in [0.1, 0.15) is 0 Å². The molecule has 69 heavy (non-hydrogen) atoms. The van der Waals surface area contributed by atoms with Crippen LogP contribution >= 0.6 is 0 Å². The van der Waals surface area contributed by atoms with Gasteiger partial charge in [0.05, 0.1) is 28.1 Å². The van der Waals surface area contributed by atoms with Crippen LogP contribution in [0.25, 0.3) is 105 Å². The van der Waals surface area contributed by atoms with Gasteiger partial charge in [0.15, 0.2) is 0 Å². The van der Waals surface area contributed by atoms with Crippen LogP contribution in [0.4, 0.5) is 17.1 Å². The molecule has 2 heterocycles. The molecular formula is C66H44N2O. The minimum atomic E-state index is 0.878. The summed E-state index contributed by atoms with van der Waals surface area (Å²) in [6.07, 6.45) is 0. The molecule has 0 spiro atoms. The zero-order valence-corrected chi connectivity index (χ0v) is 37.7. The van der Waals surface area contributed by atoms with Gasteiger partial charge >= 0.3 is 0 Å². The molecule has 13 rings (SSSR count). The highest BCUT2D eigenvalue weighted by Gasteiger charge is 2.23. The molecule has 0 bridgehead atoms. The molecule has 0 aliphatic heterocycles. The molecule has 3 nitrogen and oxygen atoms in total. The smallest absolute Gasteiger partial charge is 0.143 e. The SMILES string of the molecule is c1ccc(-c2ccc(-c3ccccc3N(c3ccc(-c4ccc(-c5ccccc5)cc4-n4c5ccccc5c5ccccc54)cc3)c3ccccc3-c3cccc4c3oc3ccccc34)cc2)cc1. The van der Waals surface area contributed by atoms with Crippen LogP contribution in [0.5, 0.6) is 0 Å². The molecule has 2 aromatic heterocycles. The molecular weight excluding hydrogens is 837 g/mol. The van der Waals surface area contributed by atoms with Crippen LogP contribution in [-0.4, -0.2) is 4.57 Å². The van der Waals surface area contributed by atoms with Crippen LogP contribution in [0, 0.1) is 0 Å². The maximum atomic E-state index is 6.70. The number of benzene rings is 11. The Kier molecular flexibility index (Phi) is 9.84. The van der Waals surface area contributed by atoms with E-state index in [0.29, 0.717) is 0 Å². The first-order chi connectivity index (χ1) is 34.2. The third kappa shape index (κ3) is 6.99. The Bertz CT molecular complexity index is 3940. The van der Waals surface area contributed by atoms with Crippen LogP contribution in [0.3, 0.4) is 0 Å². The van der Waals surface area contributed by atoms with Gasteiger partial charge in [-0.1, -0.05) is 218 Å². The summed E-state index contributed by atoms with van der Waals surface area (Å²) in [7, 11) is 0. The first-order valence-corrected chi connectivity index (χ1v) is 23.6. The van der Waals surface area contributed by atoms with Gasteiger partial charge in [-0.05, 0) is 81.9 Å². The summed E-state index contributed by atoms with van der Waals surface area (Å²) in [4.78, 5) is 2.42. The van der Waals surface area contributed by atoms with Gasteiger partial charge in [0.1, 0.15) is 11.2 Å². The Morgan fingerprint density at radius 3 is 1.45 bits per heavy atom. The lowest BCUT2D eigenvalue weighted by molar-refractivity contribution is 0.670. The van der Waals surface area contributed by atoms with Gasteiger partial charge < -0.3 is 13.9 Å². The fourth-order valence-electron chi connectivity index (χ4n) is 10.4. The number of anilines is 3. The van der Waals surface area contributed by atoms with Crippen LogP contribution in [0.2, 0.25) is 0 Å². The Labute approximate surface area is 401 Å². The number of hydrogen-bond acceptors (Lipinski definition) is 2. The van der Waals surface area contributed by atoms with Gasteiger partial charge in [0.25, 0.3) is 0 Å². The average molecular weight is 881 g/mol. The first-order valence-electron chi connectivity index (χ1n) is 23.6. The van der Waals surface area contributed by atoms with Crippen molar-refractivity contribution < 1.29 is 4.42 Å². The van der Waals surface area contributed by atoms with E-state index in [2.05, 4.69) is 270 Å². The van der Waals surface area contributed by atoms with E-state index in [9.17, 15) is 0 Å². The average Bonchev–Trinajstić information content (AvgIpc) is 3.98. The fourth-order valence-corrected chi connectivity index (χ4v) is 10.4. The Morgan fingerprint density at radius 1 is 0.290 bits per heavy atom. The van der Waals surface area contributed by atoms with Crippen LogP contribution in [-0.2, 0) is 0 Å². The molecule has 0 aliphatic rings. The number of nitrogens with zero attached hydrogens (tertiary/aromatic N) is 2. The second-order valence-electron chi connectivity index (χ2n) is 17.6. The van der Waals surface area contributed by atoms with E-state index in [1.807, 2.05) is 6.07 Å². The summed E-state index contributed by atoms with van der Waals surface area (Å²) in [5.74, 6) is 0. The number of fused-ring (bicyclic) bond motifs is 6. The van der Waals surface area contributed by atoms with Crippen molar-refractivity contribution in [1.29, 1.82) is 0 Å². The van der Waals surface area contributed by atoms with Crippen molar-refractivity contribution in [2.24, 2.45) is 0 Å². The van der Waals surface area contributed by atoms with Gasteiger partial charge in [-0.2, -0.15) is 0 Å². The Hall–Kier alpha value is -9.18. The molecule has 0 N–H and O–H groups in total. The number of rotatable bonds is 9. The summed E-state index contributed by atoms with van der Waals surface area (Å²) >= 11 is 0. The molecule has 11 aromatic carbocycles. The minimum Gasteiger partial charge on any atom is -0.455 e. The lowest BCUT2D eigenvalue weighted by atomic mass is 9.95. The fraction of sp³-hybridized carbons (Fsp3) is 0. The molecule has 13 aromatic rings. The van der Waals surface area contributed by atoms with Crippen molar-refractivity contribution in [3.05, 3.63) is 267 Å². The lowest BCUT2D eigenvalue weighted by Crippen LogP contribution is -2.12. The quantitative estimate of drug-likeness (QED) is 0.144. The predicted molar refractivity (Wildman–Crippen MR) is 290 cm³/mol. The molecule has 0 atom stereocenters. The molecule has 0 unspecified atom stereocenters. The summed E-state index contributed by atoms with van der Waals surface area (Å²) < 4.78 is 9.15. The monoisotopic (exact) mass is 880 g/mol. The second-order valence-corrected chi connectivity index (χ2v) is 17.6. The summed E-state index contributed by atoms with van der Waals surface area (Å²) in [5, 5.41) is 4.69. The van der Waals surface area contributed by atoms with E-state index in [0.717, 1.165) is 78.1 Å². The van der Waals surface area contributed by atoms with Crippen molar-refractivity contribution in [3.8, 4) is 61.3 Å². The highest BCUT2D eigenvalue weighted by atomic mass is 16.3. The third-order valence-electron chi connectivity index (χ3n) is 13.6. The first kappa shape index (κ1) is 40.1. The zero-order chi connectivity index (χ0) is 45.7. The van der Waals surface area contributed by atoms with Gasteiger partial charge in [-0.3, -0.25) is 0 Å². The second kappa shape index (κ2) is 16.9. The number of aromatic nitrogens is 1. The zero-order valence-electron chi connectivity index (χ0n) is 37.7. The number of hydrogen-bond donors (Lipinski definition) is 0. The topological polar surface area (TPSA) is 21.3 Å². The van der Waals surface area contributed by atoms with E-state index >= 15 is 0 Å². The minimum absolute atomic E-state index is 0.878. The van der Waals surface area contributed by atoms with Gasteiger partial charge in [-0.25, -0.2) is 0 Å². The van der Waals surface area contributed by atoms with Gasteiger partial charge in [0.2, 0.25) is 0 Å². The van der Waals surface area contributed by atoms with Gasteiger partial charge in [-0.15, -0.1) is 0 Å². The van der Waals surface area contributed by atoms with E-state index in [1.165, 1.54) is 44.1 Å². The molecule has 0 amide bonds. The third-order valence-corrected chi connectivity index (χ3v) is 13.6. The largest absolute Gasteiger partial charge is 0.455 e. The van der Waals surface area contributed by atoms with Crippen molar-refractivity contribution in [2.75, 3.05) is 4.90 Å². The summed E-state index contributed by atoms with van der Waals surface area (Å²) in [6, 6.07) is 96.1. The molecule has 0 fully saturated rings. The van der Waals surface area contributed by atoms with E-state index < -0.39 is 0 Å². The Balaban J connectivity index is 1.00. The molecule has 0 aliphatic carbocycles. The van der Waals surface area contributed by atoms with Crippen molar-refractivity contribution in [2.45, 2.75) is 0 Å². The number of furan rings is 1. The van der Waals surface area contributed by atoms with Crippen LogP contribution < -0.4 is 4.90 Å². The number of para-hydroxylation sites is 6. The van der Waals surface area contributed by atoms with Crippen LogP contribution in [0.15, 0.2) is 271 Å². The highest BCUT2D eigenvalue weighted by molar-refractivity contribution is 6.12. The molecule has 0 radical (unpaired) electrons. The normalized spacial score (nSPS) is 11.5. The van der Waals surface area contributed by atoms with Crippen molar-refractivity contribution in [3.63, 3.8) is 0 Å². The highest BCUT2D eigenvalue weighted by Crippen LogP contribution is 2.48. The lowest BCUT2D eigenvalue weighted by Gasteiger charge is -2.30. The Morgan fingerprint density at radius 2 is 0.754 bits per heavy atom. The standard InChI is InChI=1S/C66H44N2O/c1-3-18-45(19-4-1)47-34-36-48(37-35-47)52-22-7-12-29-60(52)67(61-30-13-10-25-56(61)58-27-17-28-59-57-26-11-16-33-65(57)69-66(58)59)51-41-38-49(39-42-51)53-43-40-50(46-20-5-2-6-21-46)44-64(53)68-62-31-14-8-23-54(62)55-24-9-15-32-63(55)68/h1-44H. The molecule has 3 heteroatoms. The summed E-state index contributed by atoms with van der Waals surface area (Å²) in [6.45, 7) is 0. The molecule has 0 saturated heterocycles.